The van der Waals surface area contributed by atoms with Crippen molar-refractivity contribution in [3.63, 3.8) is 0 Å². The van der Waals surface area contributed by atoms with Crippen LogP contribution in [-0.4, -0.2) is 56.7 Å². The maximum atomic E-state index is 13.6. The molecule has 5 atom stereocenters. The third kappa shape index (κ3) is 4.78. The van der Waals surface area contributed by atoms with Gasteiger partial charge in [-0.3, -0.25) is 5.01 Å². The minimum atomic E-state index is -1.61. The molecule has 4 rings (SSSR count). The van der Waals surface area contributed by atoms with Crippen LogP contribution in [0.1, 0.15) is 5.56 Å². The molecule has 0 bridgehead atoms. The Bertz CT molecular complexity index is 1060. The summed E-state index contributed by atoms with van der Waals surface area (Å²) in [6.45, 7) is -0.572. The Morgan fingerprint density at radius 1 is 1.03 bits per heavy atom. The van der Waals surface area contributed by atoms with Crippen molar-refractivity contribution >= 4 is 29.1 Å². The van der Waals surface area contributed by atoms with E-state index in [9.17, 15) is 32.9 Å². The van der Waals surface area contributed by atoms with E-state index >= 15 is 0 Å². The number of hydrazine groups is 2. The van der Waals surface area contributed by atoms with E-state index in [4.69, 9.17) is 16.3 Å². The number of benzene rings is 2. The van der Waals surface area contributed by atoms with Gasteiger partial charge in [0.25, 0.3) is 0 Å². The molecular formula is C20H18ClF4N3O4S. The van der Waals surface area contributed by atoms with Crippen LogP contribution in [0.15, 0.2) is 41.4 Å². The lowest BCUT2D eigenvalue weighted by molar-refractivity contribution is -0.189. The summed E-state index contributed by atoms with van der Waals surface area (Å²) in [7, 11) is 0. The largest absolute Gasteiger partial charge is 0.394 e. The monoisotopic (exact) mass is 507 g/mol. The fourth-order valence-corrected chi connectivity index (χ4v) is 4.87. The first-order valence-corrected chi connectivity index (χ1v) is 10.9. The maximum Gasteiger partial charge on any atom is 0.194 e. The number of hydrogen-bond donors (Lipinski definition) is 5. The highest BCUT2D eigenvalue weighted by Crippen LogP contribution is 2.36. The maximum absolute atomic E-state index is 13.6. The van der Waals surface area contributed by atoms with Gasteiger partial charge in [-0.15, -0.1) is 5.53 Å². The fourth-order valence-electron chi connectivity index (χ4n) is 3.52. The molecule has 0 aliphatic carbocycles. The predicted molar refractivity (Wildman–Crippen MR) is 111 cm³/mol. The summed E-state index contributed by atoms with van der Waals surface area (Å²) in [5, 5.41) is 32.4. The molecule has 2 aliphatic rings. The SMILES string of the molecule is OCC1O[C@H](Sc2ccc(F)c(Cl)c2)C(O)C(N2C=C(c3cc(F)c(F)c(F)c3)NN2)[C@H]1O. The van der Waals surface area contributed by atoms with Gasteiger partial charge in [0, 0.05) is 16.7 Å². The molecule has 2 aliphatic heterocycles. The lowest BCUT2D eigenvalue weighted by Crippen LogP contribution is -2.65. The van der Waals surface area contributed by atoms with Gasteiger partial charge in [0.1, 0.15) is 35.6 Å². The van der Waals surface area contributed by atoms with Crippen LogP contribution in [0.2, 0.25) is 5.02 Å². The van der Waals surface area contributed by atoms with Gasteiger partial charge >= 0.3 is 0 Å². The van der Waals surface area contributed by atoms with Gasteiger partial charge < -0.3 is 25.5 Å². The molecule has 2 aromatic carbocycles. The zero-order chi connectivity index (χ0) is 23.9. The summed E-state index contributed by atoms with van der Waals surface area (Å²) < 4.78 is 59.6. The van der Waals surface area contributed by atoms with Gasteiger partial charge in [-0.25, -0.2) is 17.6 Å². The Labute approximate surface area is 194 Å². The molecule has 13 heteroatoms. The number of aliphatic hydroxyl groups excluding tert-OH is 3. The average Bonchev–Trinajstić information content (AvgIpc) is 3.26. The van der Waals surface area contributed by atoms with Crippen LogP contribution in [0, 0.1) is 23.3 Å². The number of aliphatic hydroxyl groups is 3. The number of nitrogens with zero attached hydrogens (tertiary/aromatic N) is 1. The van der Waals surface area contributed by atoms with E-state index in [1.165, 1.54) is 23.3 Å². The van der Waals surface area contributed by atoms with E-state index in [1.54, 1.807) is 0 Å². The zero-order valence-corrected chi connectivity index (χ0v) is 18.1. The van der Waals surface area contributed by atoms with Crippen molar-refractivity contribution in [3.8, 4) is 0 Å². The second-order valence-electron chi connectivity index (χ2n) is 7.33. The van der Waals surface area contributed by atoms with Gasteiger partial charge in [-0.05, 0) is 30.3 Å². The Hall–Kier alpha value is -2.06. The van der Waals surface area contributed by atoms with E-state index < -0.39 is 59.7 Å². The molecule has 1 saturated heterocycles. The fraction of sp³-hybridized carbons (Fsp3) is 0.300. The van der Waals surface area contributed by atoms with Crippen LogP contribution >= 0.6 is 23.4 Å². The Balaban J connectivity index is 1.59. The van der Waals surface area contributed by atoms with Gasteiger partial charge in [0.2, 0.25) is 0 Å². The van der Waals surface area contributed by atoms with Gasteiger partial charge in [0.15, 0.2) is 17.5 Å². The average molecular weight is 508 g/mol. The van der Waals surface area contributed by atoms with Crippen molar-refractivity contribution < 1.29 is 37.6 Å². The first-order chi connectivity index (χ1) is 15.7. The molecule has 2 aromatic rings. The normalized spacial score (nSPS) is 27.5. The van der Waals surface area contributed by atoms with Gasteiger partial charge in [0.05, 0.1) is 17.3 Å². The molecule has 0 spiro atoms. The van der Waals surface area contributed by atoms with Crippen LogP contribution in [-0.2, 0) is 4.74 Å². The van der Waals surface area contributed by atoms with Crippen LogP contribution < -0.4 is 11.0 Å². The Morgan fingerprint density at radius 2 is 1.73 bits per heavy atom. The molecule has 3 unspecified atom stereocenters. The molecule has 0 aromatic heterocycles. The number of thioether (sulfide) groups is 1. The van der Waals surface area contributed by atoms with Gasteiger partial charge in [-0.2, -0.15) is 0 Å². The van der Waals surface area contributed by atoms with Crippen molar-refractivity contribution in [1.29, 1.82) is 0 Å². The van der Waals surface area contributed by atoms with Crippen molar-refractivity contribution in [1.82, 2.24) is 16.0 Å². The number of halogens is 5. The number of nitrogens with one attached hydrogen (secondary N) is 2. The van der Waals surface area contributed by atoms with Crippen LogP contribution in [0.3, 0.4) is 0 Å². The molecule has 0 radical (unpaired) electrons. The first kappa shape index (κ1) is 24.1. The molecular weight excluding hydrogens is 490 g/mol. The molecule has 1 fully saturated rings. The third-order valence-electron chi connectivity index (χ3n) is 5.20. The van der Waals surface area contributed by atoms with Crippen molar-refractivity contribution in [3.05, 3.63) is 70.4 Å². The Kier molecular flexibility index (Phi) is 7.05. The minimum absolute atomic E-state index is 0.0250. The Morgan fingerprint density at radius 3 is 2.36 bits per heavy atom. The second kappa shape index (κ2) is 9.66. The second-order valence-corrected chi connectivity index (χ2v) is 8.91. The number of hydrogen-bond acceptors (Lipinski definition) is 8. The highest BCUT2D eigenvalue weighted by atomic mass is 35.5. The summed E-state index contributed by atoms with van der Waals surface area (Å²) in [4.78, 5) is 0.471. The predicted octanol–water partition coefficient (Wildman–Crippen LogP) is 2.12. The summed E-state index contributed by atoms with van der Waals surface area (Å²) >= 11 is 6.80. The molecule has 5 N–H and O–H groups in total. The van der Waals surface area contributed by atoms with E-state index in [0.29, 0.717) is 4.90 Å². The number of ether oxygens (including phenoxy) is 1. The van der Waals surface area contributed by atoms with E-state index in [2.05, 4.69) is 11.0 Å². The van der Waals surface area contributed by atoms with Crippen molar-refractivity contribution in [2.24, 2.45) is 0 Å². The molecule has 33 heavy (non-hydrogen) atoms. The quantitative estimate of drug-likeness (QED) is 0.310. The summed E-state index contributed by atoms with van der Waals surface area (Å²) in [6, 6.07) is 4.40. The minimum Gasteiger partial charge on any atom is -0.394 e. The molecule has 0 saturated carbocycles. The molecule has 7 nitrogen and oxygen atoms in total. The zero-order valence-electron chi connectivity index (χ0n) is 16.6. The van der Waals surface area contributed by atoms with Gasteiger partial charge in [-0.1, -0.05) is 23.4 Å². The summed E-state index contributed by atoms with van der Waals surface area (Å²) in [5.41, 5.74) is 4.39. The first-order valence-electron chi connectivity index (χ1n) is 9.60. The third-order valence-corrected chi connectivity index (χ3v) is 6.63. The lowest BCUT2D eigenvalue weighted by Gasteiger charge is -2.45. The van der Waals surface area contributed by atoms with Crippen molar-refractivity contribution in [2.75, 3.05) is 6.61 Å². The van der Waals surface area contributed by atoms with E-state index in [1.807, 2.05) is 0 Å². The topological polar surface area (TPSA) is 97.2 Å². The van der Waals surface area contributed by atoms with Crippen LogP contribution in [0.25, 0.3) is 5.70 Å². The van der Waals surface area contributed by atoms with E-state index in [-0.39, 0.29) is 16.3 Å². The highest BCUT2D eigenvalue weighted by Gasteiger charge is 2.48. The molecule has 0 amide bonds. The number of rotatable bonds is 5. The lowest BCUT2D eigenvalue weighted by atomic mass is 9.97. The smallest absolute Gasteiger partial charge is 0.194 e. The standard InChI is InChI=1S/C20H18ClF4N3O4S/c21-10-5-9(1-2-11(10)22)33-20-19(31)17(18(30)15(7-29)32-20)28-6-14(26-27-28)8-3-12(23)16(25)13(24)4-8/h1-6,15,17-20,26-27,29-31H,7H2/t15?,17?,18-,19?,20+/m0/s1. The van der Waals surface area contributed by atoms with E-state index in [0.717, 1.165) is 30.0 Å². The summed E-state index contributed by atoms with van der Waals surface area (Å²) in [6.07, 6.45) is -2.51. The highest BCUT2D eigenvalue weighted by molar-refractivity contribution is 7.99. The summed E-state index contributed by atoms with van der Waals surface area (Å²) in [5.74, 6) is -4.99. The van der Waals surface area contributed by atoms with Crippen LogP contribution in [0.4, 0.5) is 17.6 Å². The van der Waals surface area contributed by atoms with Crippen LogP contribution in [0.5, 0.6) is 0 Å². The molecule has 2 heterocycles. The molecule has 178 valence electrons. The van der Waals surface area contributed by atoms with Crippen molar-refractivity contribution in [2.45, 2.75) is 34.7 Å².